The van der Waals surface area contributed by atoms with Gasteiger partial charge in [0.15, 0.2) is 0 Å². The fraction of sp³-hybridized carbons (Fsp3) is 0.462. The maximum atomic E-state index is 11.8. The van der Waals surface area contributed by atoms with E-state index in [1.54, 1.807) is 12.1 Å². The number of nitrogens with one attached hydrogen (secondary N) is 1. The van der Waals surface area contributed by atoms with E-state index >= 15 is 0 Å². The Balaban J connectivity index is 2.04. The molecule has 0 bridgehead atoms. The predicted molar refractivity (Wildman–Crippen MR) is 70.3 cm³/mol. The number of hydrogen-bond acceptors (Lipinski definition) is 1. The molecule has 3 unspecified atom stereocenters. The number of carbonyl (C=O) groups is 1. The van der Waals surface area contributed by atoms with Crippen molar-refractivity contribution >= 4 is 29.1 Å². The molecule has 0 spiro atoms. The average Bonchev–Trinajstić information content (AvgIpc) is 2.95. The summed E-state index contributed by atoms with van der Waals surface area (Å²) in [7, 11) is 0. The third-order valence-corrected chi connectivity index (χ3v) is 3.80. The van der Waals surface area contributed by atoms with E-state index in [1.165, 1.54) is 0 Å². The first-order valence-electron chi connectivity index (χ1n) is 5.74. The lowest BCUT2D eigenvalue weighted by Crippen LogP contribution is -2.28. The molecular weight excluding hydrogens is 257 g/mol. The highest BCUT2D eigenvalue weighted by atomic mass is 35.5. The van der Waals surface area contributed by atoms with E-state index in [2.05, 4.69) is 12.2 Å². The monoisotopic (exact) mass is 271 g/mol. The summed E-state index contributed by atoms with van der Waals surface area (Å²) in [5.74, 6) is 0.822. The Morgan fingerprint density at radius 3 is 2.65 bits per heavy atom. The number of benzene rings is 1. The molecule has 1 aromatic carbocycles. The minimum absolute atomic E-state index is 0.0833. The van der Waals surface area contributed by atoms with E-state index in [-0.39, 0.29) is 17.9 Å². The van der Waals surface area contributed by atoms with Crippen LogP contribution in [0.5, 0.6) is 0 Å². The highest BCUT2D eigenvalue weighted by Crippen LogP contribution is 2.38. The predicted octanol–water partition coefficient (Wildman–Crippen LogP) is 3.83. The Labute approximate surface area is 111 Å². The maximum absolute atomic E-state index is 11.8. The molecule has 92 valence electrons. The molecule has 0 aromatic heterocycles. The maximum Gasteiger partial charge on any atom is 0.223 e. The molecule has 1 amide bonds. The summed E-state index contributed by atoms with van der Waals surface area (Å²) in [5, 5.41) is 4.18. The molecule has 0 heterocycles. The lowest BCUT2D eigenvalue weighted by Gasteiger charge is -2.15. The van der Waals surface area contributed by atoms with Crippen LogP contribution in [0.3, 0.4) is 0 Å². The van der Waals surface area contributed by atoms with Gasteiger partial charge in [0.25, 0.3) is 0 Å². The quantitative estimate of drug-likeness (QED) is 0.890. The van der Waals surface area contributed by atoms with Gasteiger partial charge in [-0.2, -0.15) is 0 Å². The number of halogens is 2. The van der Waals surface area contributed by atoms with Gasteiger partial charge in [-0.05, 0) is 37.0 Å². The van der Waals surface area contributed by atoms with Crippen molar-refractivity contribution < 1.29 is 4.79 Å². The molecule has 3 atom stereocenters. The number of hydrogen-bond donors (Lipinski definition) is 1. The van der Waals surface area contributed by atoms with E-state index in [9.17, 15) is 4.79 Å². The van der Waals surface area contributed by atoms with Crippen LogP contribution in [0.4, 0.5) is 0 Å². The van der Waals surface area contributed by atoms with Crippen LogP contribution >= 0.6 is 23.2 Å². The third kappa shape index (κ3) is 2.93. The SMILES string of the molecule is CC(NC(=O)C1CC1C)c1ccc(Cl)cc1Cl. The summed E-state index contributed by atoms with van der Waals surface area (Å²) in [6.45, 7) is 4.02. The zero-order valence-corrected chi connectivity index (χ0v) is 11.3. The second-order valence-corrected chi connectivity index (χ2v) is 5.56. The molecule has 1 aliphatic carbocycles. The Morgan fingerprint density at radius 2 is 2.12 bits per heavy atom. The summed E-state index contributed by atoms with van der Waals surface area (Å²) in [6, 6.07) is 5.25. The summed E-state index contributed by atoms with van der Waals surface area (Å²) in [4.78, 5) is 11.8. The van der Waals surface area contributed by atoms with Crippen molar-refractivity contribution in [3.05, 3.63) is 33.8 Å². The van der Waals surface area contributed by atoms with Crippen LogP contribution in [0, 0.1) is 11.8 Å². The molecule has 1 aromatic rings. The normalized spacial score (nSPS) is 24.2. The second kappa shape index (κ2) is 4.87. The van der Waals surface area contributed by atoms with Gasteiger partial charge in [-0.25, -0.2) is 0 Å². The van der Waals surface area contributed by atoms with Crippen LogP contribution in [0.1, 0.15) is 31.9 Å². The summed E-state index contributed by atoms with van der Waals surface area (Å²) >= 11 is 11.9. The van der Waals surface area contributed by atoms with Gasteiger partial charge in [0.1, 0.15) is 0 Å². The number of amides is 1. The Bertz CT molecular complexity index is 447. The Kier molecular flexibility index (Phi) is 3.64. The highest BCUT2D eigenvalue weighted by Gasteiger charge is 2.39. The lowest BCUT2D eigenvalue weighted by molar-refractivity contribution is -0.123. The smallest absolute Gasteiger partial charge is 0.223 e. The van der Waals surface area contributed by atoms with E-state index < -0.39 is 0 Å². The topological polar surface area (TPSA) is 29.1 Å². The fourth-order valence-electron chi connectivity index (χ4n) is 1.94. The number of rotatable bonds is 3. The minimum atomic E-state index is -0.0833. The van der Waals surface area contributed by atoms with Crippen molar-refractivity contribution in [3.8, 4) is 0 Å². The third-order valence-electron chi connectivity index (χ3n) is 3.23. The van der Waals surface area contributed by atoms with Gasteiger partial charge >= 0.3 is 0 Å². The van der Waals surface area contributed by atoms with Gasteiger partial charge in [-0.1, -0.05) is 36.2 Å². The molecule has 0 radical (unpaired) electrons. The molecule has 4 heteroatoms. The van der Waals surface area contributed by atoms with Crippen LogP contribution < -0.4 is 5.32 Å². The first-order chi connectivity index (χ1) is 7.99. The molecule has 1 N–H and O–H groups in total. The average molecular weight is 272 g/mol. The van der Waals surface area contributed by atoms with E-state index in [0.717, 1.165) is 12.0 Å². The standard InChI is InChI=1S/C13H15Cl2NO/c1-7-5-11(7)13(17)16-8(2)10-4-3-9(14)6-12(10)15/h3-4,6-8,11H,5H2,1-2H3,(H,16,17). The molecule has 1 fully saturated rings. The van der Waals surface area contributed by atoms with Gasteiger partial charge in [-0.15, -0.1) is 0 Å². The first kappa shape index (κ1) is 12.7. The molecule has 17 heavy (non-hydrogen) atoms. The summed E-state index contributed by atoms with van der Waals surface area (Å²) < 4.78 is 0. The molecule has 2 nitrogen and oxygen atoms in total. The molecular formula is C13H15Cl2NO. The molecule has 0 saturated heterocycles. The lowest BCUT2D eigenvalue weighted by atomic mass is 10.1. The molecule has 1 saturated carbocycles. The fourth-order valence-corrected chi connectivity index (χ4v) is 2.51. The highest BCUT2D eigenvalue weighted by molar-refractivity contribution is 6.35. The van der Waals surface area contributed by atoms with Gasteiger partial charge in [0, 0.05) is 16.0 Å². The van der Waals surface area contributed by atoms with E-state index in [4.69, 9.17) is 23.2 Å². The van der Waals surface area contributed by atoms with Crippen molar-refractivity contribution in [1.82, 2.24) is 5.32 Å². The second-order valence-electron chi connectivity index (χ2n) is 4.72. The van der Waals surface area contributed by atoms with Crippen LogP contribution in [0.25, 0.3) is 0 Å². The van der Waals surface area contributed by atoms with Crippen molar-refractivity contribution in [1.29, 1.82) is 0 Å². The van der Waals surface area contributed by atoms with Gasteiger partial charge in [0.05, 0.1) is 6.04 Å². The summed E-state index contributed by atoms with van der Waals surface area (Å²) in [5.41, 5.74) is 0.901. The van der Waals surface area contributed by atoms with Gasteiger partial charge in [0.2, 0.25) is 5.91 Å². The van der Waals surface area contributed by atoms with Crippen molar-refractivity contribution in [3.63, 3.8) is 0 Å². The summed E-state index contributed by atoms with van der Waals surface area (Å²) in [6.07, 6.45) is 0.993. The minimum Gasteiger partial charge on any atom is -0.349 e. The van der Waals surface area contributed by atoms with Crippen LogP contribution in [-0.2, 0) is 4.79 Å². The van der Waals surface area contributed by atoms with Crippen LogP contribution in [0.15, 0.2) is 18.2 Å². The molecule has 2 rings (SSSR count). The van der Waals surface area contributed by atoms with Crippen molar-refractivity contribution in [2.24, 2.45) is 11.8 Å². The van der Waals surface area contributed by atoms with Crippen LogP contribution in [-0.4, -0.2) is 5.91 Å². The zero-order chi connectivity index (χ0) is 12.6. The van der Waals surface area contributed by atoms with Gasteiger partial charge < -0.3 is 5.32 Å². The Morgan fingerprint density at radius 1 is 1.47 bits per heavy atom. The molecule has 1 aliphatic rings. The zero-order valence-electron chi connectivity index (χ0n) is 9.84. The van der Waals surface area contributed by atoms with Gasteiger partial charge in [-0.3, -0.25) is 4.79 Å². The Hall–Kier alpha value is -0.730. The number of carbonyl (C=O) groups excluding carboxylic acids is 1. The van der Waals surface area contributed by atoms with Crippen LogP contribution in [0.2, 0.25) is 10.0 Å². The van der Waals surface area contributed by atoms with Crippen molar-refractivity contribution in [2.45, 2.75) is 26.3 Å². The first-order valence-corrected chi connectivity index (χ1v) is 6.50. The largest absolute Gasteiger partial charge is 0.349 e. The van der Waals surface area contributed by atoms with E-state index in [0.29, 0.717) is 16.0 Å². The molecule has 0 aliphatic heterocycles. The van der Waals surface area contributed by atoms with E-state index in [1.807, 2.05) is 13.0 Å². The van der Waals surface area contributed by atoms with Crippen molar-refractivity contribution in [2.75, 3.05) is 0 Å².